The highest BCUT2D eigenvalue weighted by Crippen LogP contribution is 2.47. The van der Waals surface area contributed by atoms with Crippen molar-refractivity contribution >= 4 is 18.6 Å². The lowest BCUT2D eigenvalue weighted by molar-refractivity contribution is -0.137. The van der Waals surface area contributed by atoms with Gasteiger partial charge in [0.15, 0.2) is 0 Å². The van der Waals surface area contributed by atoms with Gasteiger partial charge in [-0.3, -0.25) is 19.0 Å². The number of halogens is 1. The molecule has 7 nitrogen and oxygen atoms in total. The number of hydroxylamine groups is 1. The van der Waals surface area contributed by atoms with E-state index in [0.29, 0.717) is 47.3 Å². The van der Waals surface area contributed by atoms with Crippen LogP contribution in [0.4, 0.5) is 4.39 Å². The first kappa shape index (κ1) is 28.6. The molecular weight excluding hydrogens is 521 g/mol. The number of allylic oxidation sites excluding steroid dienone is 1. The Kier molecular flexibility index (Phi) is 8.61. The van der Waals surface area contributed by atoms with E-state index in [2.05, 4.69) is 41.3 Å². The molecular formula is C33H36FN3O4. The summed E-state index contributed by atoms with van der Waals surface area (Å²) in [5.74, 6) is -0.314. The van der Waals surface area contributed by atoms with Gasteiger partial charge in [-0.1, -0.05) is 48.6 Å². The Morgan fingerprint density at radius 3 is 2.68 bits per heavy atom. The van der Waals surface area contributed by atoms with Crippen molar-refractivity contribution in [3.8, 4) is 5.69 Å². The Hall–Kier alpha value is -3.88. The molecule has 0 amide bonds. The number of unbranched alkanes of at least 4 members (excludes halogenated alkanes) is 1. The van der Waals surface area contributed by atoms with Crippen LogP contribution in [0, 0.1) is 5.82 Å². The molecule has 214 valence electrons. The molecule has 1 aromatic heterocycles. The number of hydrogen-bond acceptors (Lipinski definition) is 5. The monoisotopic (exact) mass is 557 g/mol. The minimum absolute atomic E-state index is 0.0230. The van der Waals surface area contributed by atoms with Crippen LogP contribution in [-0.2, 0) is 16.1 Å². The third-order valence-electron chi connectivity index (χ3n) is 8.29. The molecule has 3 atom stereocenters. The van der Waals surface area contributed by atoms with Gasteiger partial charge in [0, 0.05) is 12.8 Å². The summed E-state index contributed by atoms with van der Waals surface area (Å²) < 4.78 is 15.1. The van der Waals surface area contributed by atoms with E-state index >= 15 is 0 Å². The second-order valence-electron chi connectivity index (χ2n) is 11.2. The average molecular weight is 558 g/mol. The summed E-state index contributed by atoms with van der Waals surface area (Å²) in [5.41, 5.74) is 5.62. The SMILES string of the molecule is C=c1nc(CCCCC(=O)O)n(-c2ccc(F)cc2)c(=O)/c1=C/C=C(\C)C1CC2(CC[C@H](c3ccccc3)C2)ON1. The number of carboxylic acids is 1. The molecule has 3 aromatic rings. The van der Waals surface area contributed by atoms with Gasteiger partial charge >= 0.3 is 5.97 Å². The number of carbonyl (C=O) groups is 1. The maximum atomic E-state index is 13.7. The molecule has 1 saturated carbocycles. The van der Waals surface area contributed by atoms with Gasteiger partial charge in [0.25, 0.3) is 5.56 Å². The molecule has 2 unspecified atom stereocenters. The van der Waals surface area contributed by atoms with Gasteiger partial charge in [0.1, 0.15) is 11.6 Å². The van der Waals surface area contributed by atoms with Crippen LogP contribution < -0.4 is 21.6 Å². The Morgan fingerprint density at radius 2 is 1.95 bits per heavy atom. The first-order chi connectivity index (χ1) is 19.7. The molecule has 0 radical (unpaired) electrons. The summed E-state index contributed by atoms with van der Waals surface area (Å²) in [6.45, 7) is 6.06. The van der Waals surface area contributed by atoms with E-state index in [1.165, 1.54) is 34.4 Å². The fourth-order valence-corrected chi connectivity index (χ4v) is 5.99. The minimum Gasteiger partial charge on any atom is -0.481 e. The molecule has 2 aromatic carbocycles. The third kappa shape index (κ3) is 6.55. The molecule has 1 aliphatic heterocycles. The molecule has 2 fully saturated rings. The number of nitrogens with zero attached hydrogens (tertiary/aromatic N) is 2. The number of carboxylic acid groups (broad SMARTS) is 1. The molecule has 1 spiro atoms. The zero-order valence-electron chi connectivity index (χ0n) is 23.3. The highest BCUT2D eigenvalue weighted by Gasteiger charge is 2.47. The Labute approximate surface area is 238 Å². The third-order valence-corrected chi connectivity index (χ3v) is 8.29. The van der Waals surface area contributed by atoms with E-state index in [4.69, 9.17) is 9.94 Å². The van der Waals surface area contributed by atoms with Crippen molar-refractivity contribution in [2.45, 2.75) is 75.9 Å². The second-order valence-corrected chi connectivity index (χ2v) is 11.2. The van der Waals surface area contributed by atoms with Crippen LogP contribution in [0.3, 0.4) is 0 Å². The van der Waals surface area contributed by atoms with E-state index in [1.54, 1.807) is 6.08 Å². The first-order valence-corrected chi connectivity index (χ1v) is 14.2. The minimum atomic E-state index is -0.865. The van der Waals surface area contributed by atoms with Crippen LogP contribution in [0.2, 0.25) is 0 Å². The molecule has 2 aliphatic rings. The number of nitrogens with one attached hydrogen (secondary N) is 1. The number of benzene rings is 2. The van der Waals surface area contributed by atoms with Crippen molar-refractivity contribution in [1.29, 1.82) is 0 Å². The van der Waals surface area contributed by atoms with Crippen LogP contribution in [-0.4, -0.2) is 32.3 Å². The molecule has 2 heterocycles. The number of aryl methyl sites for hydroxylation is 1. The van der Waals surface area contributed by atoms with Gasteiger partial charge < -0.3 is 5.11 Å². The summed E-state index contributed by atoms with van der Waals surface area (Å²) in [6, 6.07) is 16.3. The molecule has 1 aliphatic carbocycles. The van der Waals surface area contributed by atoms with Crippen molar-refractivity contribution < 1.29 is 19.1 Å². The molecule has 8 heteroatoms. The van der Waals surface area contributed by atoms with Crippen LogP contribution >= 0.6 is 0 Å². The molecule has 0 bridgehead atoms. The summed E-state index contributed by atoms with van der Waals surface area (Å²) in [5, 5.41) is 9.65. The quantitative estimate of drug-likeness (QED) is 0.381. The normalized spacial score (nSPS) is 23.0. The van der Waals surface area contributed by atoms with Crippen molar-refractivity contribution in [3.05, 3.63) is 104 Å². The second kappa shape index (κ2) is 12.3. The summed E-state index contributed by atoms with van der Waals surface area (Å²) >= 11 is 0. The van der Waals surface area contributed by atoms with Crippen molar-refractivity contribution in [1.82, 2.24) is 15.0 Å². The Bertz CT molecular complexity index is 1600. The van der Waals surface area contributed by atoms with Crippen LogP contribution in [0.25, 0.3) is 18.3 Å². The summed E-state index contributed by atoms with van der Waals surface area (Å²) in [6.07, 6.45) is 9.02. The predicted octanol–water partition coefficient (Wildman–Crippen LogP) is 4.31. The topological polar surface area (TPSA) is 93.5 Å². The highest BCUT2D eigenvalue weighted by atomic mass is 19.1. The zero-order chi connectivity index (χ0) is 29.0. The number of aliphatic carboxylic acids is 1. The summed E-state index contributed by atoms with van der Waals surface area (Å²) in [4.78, 5) is 35.5. The Morgan fingerprint density at radius 1 is 1.20 bits per heavy atom. The van der Waals surface area contributed by atoms with Gasteiger partial charge in [-0.25, -0.2) is 9.37 Å². The van der Waals surface area contributed by atoms with Crippen LogP contribution in [0.15, 0.2) is 71.0 Å². The zero-order valence-corrected chi connectivity index (χ0v) is 23.3. The average Bonchev–Trinajstić information content (AvgIpc) is 3.58. The molecule has 2 N–H and O–H groups in total. The van der Waals surface area contributed by atoms with E-state index in [9.17, 15) is 14.0 Å². The lowest BCUT2D eigenvalue weighted by atomic mass is 9.89. The fourth-order valence-electron chi connectivity index (χ4n) is 5.99. The molecule has 1 saturated heterocycles. The number of rotatable bonds is 9. The van der Waals surface area contributed by atoms with Gasteiger partial charge in [0.05, 0.1) is 27.9 Å². The van der Waals surface area contributed by atoms with Gasteiger partial charge in [-0.05, 0) is 87.3 Å². The largest absolute Gasteiger partial charge is 0.481 e. The first-order valence-electron chi connectivity index (χ1n) is 14.2. The van der Waals surface area contributed by atoms with Gasteiger partial charge in [0.2, 0.25) is 0 Å². The smallest absolute Gasteiger partial charge is 0.303 e. The lowest BCUT2D eigenvalue weighted by Crippen LogP contribution is -2.47. The predicted molar refractivity (Wildman–Crippen MR) is 156 cm³/mol. The maximum absolute atomic E-state index is 13.7. The van der Waals surface area contributed by atoms with Crippen molar-refractivity contribution in [2.24, 2.45) is 0 Å². The Balaban J connectivity index is 1.39. The van der Waals surface area contributed by atoms with Gasteiger partial charge in [-0.2, -0.15) is 5.48 Å². The maximum Gasteiger partial charge on any atom is 0.303 e. The van der Waals surface area contributed by atoms with E-state index in [0.717, 1.165) is 31.3 Å². The van der Waals surface area contributed by atoms with E-state index in [1.807, 2.05) is 19.1 Å². The van der Waals surface area contributed by atoms with Crippen LogP contribution in [0.1, 0.15) is 69.2 Å². The standard InChI is InChI=1S/C33H36FN3O4/c1-22(29-21-33(41-36-29)19-18-25(20-33)24-8-4-3-5-9-24)12-17-28-23(2)35-30(10-6-7-11-31(38)39)37(32(28)40)27-15-13-26(34)14-16-27/h3-5,8-9,12-17,25,29,36H,2,6-7,10-11,18-21H2,1H3,(H,38,39)/b22-12+,28-17+/t25-,29?,33?/m0/s1. The lowest BCUT2D eigenvalue weighted by Gasteiger charge is -2.21. The summed E-state index contributed by atoms with van der Waals surface area (Å²) in [7, 11) is 0. The fraction of sp³-hybridized carbons (Fsp3) is 0.364. The number of hydrogen-bond donors (Lipinski definition) is 2. The van der Waals surface area contributed by atoms with Crippen molar-refractivity contribution in [3.63, 3.8) is 0 Å². The van der Waals surface area contributed by atoms with Crippen LogP contribution in [0.5, 0.6) is 0 Å². The van der Waals surface area contributed by atoms with E-state index < -0.39 is 11.8 Å². The molecule has 41 heavy (non-hydrogen) atoms. The highest BCUT2D eigenvalue weighted by molar-refractivity contribution is 5.66. The molecule has 5 rings (SSSR count). The van der Waals surface area contributed by atoms with Gasteiger partial charge in [-0.15, -0.1) is 0 Å². The van der Waals surface area contributed by atoms with E-state index in [-0.39, 0.29) is 23.6 Å². The van der Waals surface area contributed by atoms with Crippen molar-refractivity contribution in [2.75, 3.05) is 0 Å². The number of aromatic nitrogens is 2.